The summed E-state index contributed by atoms with van der Waals surface area (Å²) in [5.74, 6) is 0.510. The van der Waals surface area contributed by atoms with E-state index in [1.807, 2.05) is 29.2 Å². The largest absolute Gasteiger partial charge is 0.356 e. The van der Waals surface area contributed by atoms with Gasteiger partial charge in [-0.3, -0.25) is 4.79 Å². The number of hydrogen-bond donors (Lipinski definition) is 1. The van der Waals surface area contributed by atoms with Crippen molar-refractivity contribution in [1.82, 2.24) is 10.1 Å². The fraction of sp³-hybridized carbons (Fsp3) is 0.500. The summed E-state index contributed by atoms with van der Waals surface area (Å²) in [5.41, 5.74) is 7.55. The van der Waals surface area contributed by atoms with Crippen molar-refractivity contribution in [3.63, 3.8) is 0 Å². The number of benzene rings is 1. The SMILES string of the molecule is CCC1CN(C(=O)Cc2noc3ccccc23)CCC1N. The maximum Gasteiger partial charge on any atom is 0.228 e. The molecule has 2 atom stereocenters. The number of amides is 1. The van der Waals surface area contributed by atoms with Crippen molar-refractivity contribution < 1.29 is 9.32 Å². The standard InChI is InChI=1S/C16H21N3O2/c1-2-11-10-19(8-7-13(11)17)16(20)9-14-12-5-3-4-6-15(12)21-18-14/h3-6,11,13H,2,7-10,17H2,1H3. The molecule has 1 aliphatic rings. The van der Waals surface area contributed by atoms with Crippen molar-refractivity contribution in [2.45, 2.75) is 32.2 Å². The van der Waals surface area contributed by atoms with Gasteiger partial charge in [0.25, 0.3) is 0 Å². The Morgan fingerprint density at radius 1 is 1.48 bits per heavy atom. The van der Waals surface area contributed by atoms with Gasteiger partial charge < -0.3 is 15.2 Å². The molecule has 0 bridgehead atoms. The highest BCUT2D eigenvalue weighted by Gasteiger charge is 2.28. The average Bonchev–Trinajstić information content (AvgIpc) is 2.91. The first-order chi connectivity index (χ1) is 10.2. The van der Waals surface area contributed by atoms with Gasteiger partial charge in [-0.15, -0.1) is 0 Å². The Kier molecular flexibility index (Phi) is 3.92. The quantitative estimate of drug-likeness (QED) is 0.936. The second-order valence-electron chi connectivity index (χ2n) is 5.76. The van der Waals surface area contributed by atoms with Gasteiger partial charge in [0.2, 0.25) is 5.91 Å². The molecule has 1 amide bonds. The van der Waals surface area contributed by atoms with E-state index in [1.165, 1.54) is 0 Å². The molecular formula is C16H21N3O2. The minimum Gasteiger partial charge on any atom is -0.356 e. The molecule has 0 spiro atoms. The highest BCUT2D eigenvalue weighted by molar-refractivity contribution is 5.86. The molecule has 5 nitrogen and oxygen atoms in total. The van der Waals surface area contributed by atoms with Crippen molar-refractivity contribution in [1.29, 1.82) is 0 Å². The third kappa shape index (κ3) is 2.78. The normalized spacial score (nSPS) is 22.7. The number of nitrogens with two attached hydrogens (primary N) is 1. The van der Waals surface area contributed by atoms with Crippen molar-refractivity contribution in [3.05, 3.63) is 30.0 Å². The van der Waals surface area contributed by atoms with E-state index in [9.17, 15) is 4.79 Å². The Morgan fingerprint density at radius 3 is 3.10 bits per heavy atom. The lowest BCUT2D eigenvalue weighted by Gasteiger charge is -2.36. The van der Waals surface area contributed by atoms with Gasteiger partial charge >= 0.3 is 0 Å². The maximum atomic E-state index is 12.5. The zero-order chi connectivity index (χ0) is 14.8. The number of fused-ring (bicyclic) bond motifs is 1. The molecule has 1 aromatic carbocycles. The Balaban J connectivity index is 1.71. The molecular weight excluding hydrogens is 266 g/mol. The first-order valence-corrected chi connectivity index (χ1v) is 7.55. The molecule has 21 heavy (non-hydrogen) atoms. The molecule has 0 saturated carbocycles. The first-order valence-electron chi connectivity index (χ1n) is 7.55. The van der Waals surface area contributed by atoms with Crippen LogP contribution in [-0.2, 0) is 11.2 Å². The molecule has 1 saturated heterocycles. The lowest BCUT2D eigenvalue weighted by atomic mass is 9.90. The van der Waals surface area contributed by atoms with Gasteiger partial charge in [-0.05, 0) is 24.5 Å². The second kappa shape index (κ2) is 5.85. The minimum absolute atomic E-state index is 0.111. The molecule has 2 unspecified atom stereocenters. The van der Waals surface area contributed by atoms with Crippen molar-refractivity contribution in [2.24, 2.45) is 11.7 Å². The van der Waals surface area contributed by atoms with Crippen molar-refractivity contribution >= 4 is 16.9 Å². The average molecular weight is 287 g/mol. The van der Waals surface area contributed by atoms with Crippen LogP contribution >= 0.6 is 0 Å². The second-order valence-corrected chi connectivity index (χ2v) is 5.76. The predicted molar refractivity (Wildman–Crippen MR) is 80.7 cm³/mol. The third-order valence-corrected chi connectivity index (χ3v) is 4.44. The Morgan fingerprint density at radius 2 is 2.29 bits per heavy atom. The van der Waals surface area contributed by atoms with Gasteiger partial charge in [0.15, 0.2) is 5.58 Å². The number of carbonyl (C=O) groups is 1. The van der Waals surface area contributed by atoms with Crippen LogP contribution in [0.25, 0.3) is 11.0 Å². The van der Waals surface area contributed by atoms with E-state index < -0.39 is 0 Å². The summed E-state index contributed by atoms with van der Waals surface area (Å²) in [6.07, 6.45) is 2.18. The highest BCUT2D eigenvalue weighted by atomic mass is 16.5. The predicted octanol–water partition coefficient (Wildman–Crippen LogP) is 1.96. The third-order valence-electron chi connectivity index (χ3n) is 4.44. The number of piperidine rings is 1. The van der Waals surface area contributed by atoms with Gasteiger partial charge in [-0.1, -0.05) is 30.6 Å². The number of hydrogen-bond acceptors (Lipinski definition) is 4. The lowest BCUT2D eigenvalue weighted by Crippen LogP contribution is -2.49. The van der Waals surface area contributed by atoms with E-state index in [4.69, 9.17) is 10.3 Å². The monoisotopic (exact) mass is 287 g/mol. The van der Waals surface area contributed by atoms with Crippen LogP contribution in [0.5, 0.6) is 0 Å². The summed E-state index contributed by atoms with van der Waals surface area (Å²) in [6.45, 7) is 3.63. The lowest BCUT2D eigenvalue weighted by molar-refractivity contribution is -0.132. The van der Waals surface area contributed by atoms with Crippen molar-refractivity contribution in [3.8, 4) is 0 Å². The van der Waals surface area contributed by atoms with Crippen LogP contribution in [0.1, 0.15) is 25.5 Å². The number of aromatic nitrogens is 1. The van der Waals surface area contributed by atoms with Crippen LogP contribution in [0.2, 0.25) is 0 Å². The number of carbonyl (C=O) groups excluding carboxylic acids is 1. The molecule has 1 fully saturated rings. The molecule has 1 aliphatic heterocycles. The van der Waals surface area contributed by atoms with Gasteiger partial charge in [0.05, 0.1) is 6.42 Å². The number of rotatable bonds is 3. The number of para-hydroxylation sites is 1. The van der Waals surface area contributed by atoms with Crippen LogP contribution in [0.3, 0.4) is 0 Å². The van der Waals surface area contributed by atoms with E-state index >= 15 is 0 Å². The summed E-state index contributed by atoms with van der Waals surface area (Å²) in [5, 5.41) is 4.96. The number of likely N-dealkylation sites (tertiary alicyclic amines) is 1. The van der Waals surface area contributed by atoms with Crippen LogP contribution < -0.4 is 5.73 Å². The van der Waals surface area contributed by atoms with Crippen LogP contribution in [0.4, 0.5) is 0 Å². The Hall–Kier alpha value is -1.88. The highest BCUT2D eigenvalue weighted by Crippen LogP contribution is 2.22. The molecule has 112 valence electrons. The summed E-state index contributed by atoms with van der Waals surface area (Å²) in [7, 11) is 0. The molecule has 2 heterocycles. The molecule has 1 aromatic heterocycles. The fourth-order valence-electron chi connectivity index (χ4n) is 3.03. The van der Waals surface area contributed by atoms with Gasteiger partial charge in [0.1, 0.15) is 5.69 Å². The number of nitrogens with zero attached hydrogens (tertiary/aromatic N) is 2. The van der Waals surface area contributed by atoms with Crippen LogP contribution in [-0.4, -0.2) is 35.1 Å². The molecule has 3 rings (SSSR count). The molecule has 0 aliphatic carbocycles. The van der Waals surface area contributed by atoms with E-state index in [2.05, 4.69) is 12.1 Å². The molecule has 5 heteroatoms. The van der Waals surface area contributed by atoms with E-state index in [0.717, 1.165) is 42.6 Å². The summed E-state index contributed by atoms with van der Waals surface area (Å²) >= 11 is 0. The van der Waals surface area contributed by atoms with Gasteiger partial charge in [-0.2, -0.15) is 0 Å². The summed E-state index contributed by atoms with van der Waals surface area (Å²) in [6, 6.07) is 7.85. The maximum absolute atomic E-state index is 12.5. The Bertz CT molecular complexity index is 637. The Labute approximate surface area is 124 Å². The van der Waals surface area contributed by atoms with Gasteiger partial charge in [-0.25, -0.2) is 0 Å². The van der Waals surface area contributed by atoms with Gasteiger partial charge in [0, 0.05) is 24.5 Å². The summed E-state index contributed by atoms with van der Waals surface area (Å²) in [4.78, 5) is 14.4. The smallest absolute Gasteiger partial charge is 0.228 e. The van der Waals surface area contributed by atoms with E-state index in [0.29, 0.717) is 12.3 Å². The minimum atomic E-state index is 0.111. The molecule has 2 aromatic rings. The zero-order valence-corrected chi connectivity index (χ0v) is 12.3. The van der Waals surface area contributed by atoms with Crippen LogP contribution in [0.15, 0.2) is 28.8 Å². The zero-order valence-electron chi connectivity index (χ0n) is 12.3. The molecule has 2 N–H and O–H groups in total. The fourth-order valence-corrected chi connectivity index (χ4v) is 3.03. The topological polar surface area (TPSA) is 72.4 Å². The van der Waals surface area contributed by atoms with E-state index in [-0.39, 0.29) is 11.9 Å². The first kappa shape index (κ1) is 14.1. The van der Waals surface area contributed by atoms with E-state index in [1.54, 1.807) is 0 Å². The van der Waals surface area contributed by atoms with Crippen molar-refractivity contribution in [2.75, 3.05) is 13.1 Å². The van der Waals surface area contributed by atoms with Crippen LogP contribution in [0, 0.1) is 5.92 Å². The summed E-state index contributed by atoms with van der Waals surface area (Å²) < 4.78 is 5.26. The molecule has 0 radical (unpaired) electrons.